The lowest BCUT2D eigenvalue weighted by molar-refractivity contribution is -0.137. The normalized spacial score (nSPS) is 16.8. The van der Waals surface area contributed by atoms with Gasteiger partial charge in [-0.05, 0) is 36.6 Å². The fraction of sp³-hybridized carbons (Fsp3) is 0.421. The first-order valence-corrected chi connectivity index (χ1v) is 9.12. The van der Waals surface area contributed by atoms with Gasteiger partial charge in [0.25, 0.3) is 0 Å². The average Bonchev–Trinajstić information content (AvgIpc) is 3.18. The lowest BCUT2D eigenvalue weighted by Gasteiger charge is -2.15. The van der Waals surface area contributed by atoms with Crippen LogP contribution in [0, 0.1) is 0 Å². The number of nitrogens with zero attached hydrogens (tertiary/aromatic N) is 1. The van der Waals surface area contributed by atoms with E-state index in [1.54, 1.807) is 19.2 Å². The highest BCUT2D eigenvalue weighted by Crippen LogP contribution is 2.33. The van der Waals surface area contributed by atoms with Gasteiger partial charge in [0.1, 0.15) is 12.4 Å². The van der Waals surface area contributed by atoms with E-state index >= 15 is 0 Å². The van der Waals surface area contributed by atoms with Gasteiger partial charge in [0.2, 0.25) is 0 Å². The summed E-state index contributed by atoms with van der Waals surface area (Å²) in [5.74, 6) is 1.34. The molecule has 1 fully saturated rings. The lowest BCUT2D eigenvalue weighted by atomic mass is 10.2. The molecule has 0 spiro atoms. The molecule has 1 saturated heterocycles. The van der Waals surface area contributed by atoms with E-state index in [4.69, 9.17) is 25.8 Å². The Morgan fingerprint density at radius 3 is 2.75 bits per heavy atom. The number of rotatable bonds is 7. The summed E-state index contributed by atoms with van der Waals surface area (Å²) >= 11 is 5.91. The van der Waals surface area contributed by atoms with Gasteiger partial charge < -0.3 is 19.5 Å². The van der Waals surface area contributed by atoms with Gasteiger partial charge >= 0.3 is 6.18 Å². The molecule has 1 unspecified atom stereocenters. The molecule has 0 bridgehead atoms. The van der Waals surface area contributed by atoms with Gasteiger partial charge in [0, 0.05) is 19.3 Å². The van der Waals surface area contributed by atoms with Crippen LogP contribution in [0.15, 0.2) is 30.5 Å². The second-order valence-electron chi connectivity index (χ2n) is 6.34. The van der Waals surface area contributed by atoms with E-state index in [0.717, 1.165) is 37.3 Å². The number of pyridine rings is 1. The molecule has 1 aliphatic heterocycles. The SMILES string of the molecule is COc1cc(CNc2ncc(C(F)(F)F)cc2Cl)ccc1OCC1CCCO1. The van der Waals surface area contributed by atoms with Crippen LogP contribution in [0.5, 0.6) is 11.5 Å². The number of halogens is 4. The van der Waals surface area contributed by atoms with Crippen LogP contribution >= 0.6 is 11.6 Å². The predicted molar refractivity (Wildman–Crippen MR) is 99.0 cm³/mol. The van der Waals surface area contributed by atoms with Gasteiger partial charge in [-0.2, -0.15) is 13.2 Å². The van der Waals surface area contributed by atoms with Crippen molar-refractivity contribution in [1.29, 1.82) is 0 Å². The van der Waals surface area contributed by atoms with E-state index in [2.05, 4.69) is 10.3 Å². The monoisotopic (exact) mass is 416 g/mol. The number of ether oxygens (including phenoxy) is 3. The van der Waals surface area contributed by atoms with Crippen LogP contribution in [0.4, 0.5) is 19.0 Å². The Kier molecular flexibility index (Phi) is 6.51. The van der Waals surface area contributed by atoms with E-state index in [9.17, 15) is 13.2 Å². The number of benzene rings is 1. The summed E-state index contributed by atoms with van der Waals surface area (Å²) < 4.78 is 54.7. The molecule has 152 valence electrons. The number of methoxy groups -OCH3 is 1. The van der Waals surface area contributed by atoms with E-state index < -0.39 is 11.7 Å². The Balaban J connectivity index is 1.62. The fourth-order valence-electron chi connectivity index (χ4n) is 2.81. The van der Waals surface area contributed by atoms with Crippen LogP contribution < -0.4 is 14.8 Å². The smallest absolute Gasteiger partial charge is 0.417 e. The quantitative estimate of drug-likeness (QED) is 0.693. The summed E-state index contributed by atoms with van der Waals surface area (Å²) in [6.07, 6.45) is -1.63. The fourth-order valence-corrected chi connectivity index (χ4v) is 3.04. The molecule has 0 saturated carbocycles. The van der Waals surface area contributed by atoms with Crippen molar-refractivity contribution in [3.05, 3.63) is 46.6 Å². The first-order chi connectivity index (χ1) is 13.4. The van der Waals surface area contributed by atoms with Crippen molar-refractivity contribution in [2.75, 3.05) is 25.6 Å². The van der Waals surface area contributed by atoms with Crippen LogP contribution in [0.3, 0.4) is 0 Å². The minimum absolute atomic E-state index is 0.0962. The lowest BCUT2D eigenvalue weighted by Crippen LogP contribution is -2.16. The summed E-state index contributed by atoms with van der Waals surface area (Å²) in [7, 11) is 1.54. The van der Waals surface area contributed by atoms with Crippen LogP contribution in [0.25, 0.3) is 0 Å². The standard InChI is InChI=1S/C19H20ClF3N2O3/c1-26-17-7-12(4-5-16(17)28-11-14-3-2-6-27-14)9-24-18-15(20)8-13(10-25-18)19(21,22)23/h4-5,7-8,10,14H,2-3,6,9,11H2,1H3,(H,24,25). The number of nitrogens with one attached hydrogen (secondary N) is 1. The van der Waals surface area contributed by atoms with Crippen molar-refractivity contribution >= 4 is 17.4 Å². The maximum absolute atomic E-state index is 12.7. The van der Waals surface area contributed by atoms with Crippen molar-refractivity contribution in [3.63, 3.8) is 0 Å². The molecule has 1 atom stereocenters. The van der Waals surface area contributed by atoms with Crippen LogP contribution in [0.2, 0.25) is 5.02 Å². The third-order valence-electron chi connectivity index (χ3n) is 4.31. The highest BCUT2D eigenvalue weighted by atomic mass is 35.5. The van der Waals surface area contributed by atoms with Crippen molar-refractivity contribution in [1.82, 2.24) is 4.98 Å². The zero-order chi connectivity index (χ0) is 20.1. The van der Waals surface area contributed by atoms with Crippen molar-refractivity contribution in [2.24, 2.45) is 0 Å². The van der Waals surface area contributed by atoms with Gasteiger partial charge in [-0.25, -0.2) is 4.98 Å². The van der Waals surface area contributed by atoms with E-state index in [1.807, 2.05) is 6.07 Å². The van der Waals surface area contributed by atoms with E-state index in [0.29, 0.717) is 24.7 Å². The number of hydrogen-bond acceptors (Lipinski definition) is 5. The van der Waals surface area contributed by atoms with Crippen LogP contribution in [-0.4, -0.2) is 31.4 Å². The first kappa shape index (κ1) is 20.5. The molecule has 1 aliphatic rings. The van der Waals surface area contributed by atoms with Crippen LogP contribution in [0.1, 0.15) is 24.0 Å². The number of anilines is 1. The zero-order valence-electron chi connectivity index (χ0n) is 15.2. The molecule has 28 heavy (non-hydrogen) atoms. The molecule has 0 radical (unpaired) electrons. The summed E-state index contributed by atoms with van der Waals surface area (Å²) in [6.45, 7) is 1.52. The summed E-state index contributed by atoms with van der Waals surface area (Å²) in [4.78, 5) is 3.76. The molecule has 1 aromatic carbocycles. The molecular formula is C19H20ClF3N2O3. The third-order valence-corrected chi connectivity index (χ3v) is 4.59. The molecule has 1 N–H and O–H groups in total. The Labute approximate surface area is 165 Å². The number of hydrogen-bond donors (Lipinski definition) is 1. The highest BCUT2D eigenvalue weighted by molar-refractivity contribution is 6.32. The van der Waals surface area contributed by atoms with Gasteiger partial charge in [-0.1, -0.05) is 17.7 Å². The minimum Gasteiger partial charge on any atom is -0.493 e. The molecular weight excluding hydrogens is 397 g/mol. The number of alkyl halides is 3. The van der Waals surface area contributed by atoms with E-state index in [1.165, 1.54) is 0 Å². The second-order valence-corrected chi connectivity index (χ2v) is 6.74. The molecule has 0 amide bonds. The van der Waals surface area contributed by atoms with Gasteiger partial charge in [-0.15, -0.1) is 0 Å². The molecule has 1 aromatic heterocycles. The largest absolute Gasteiger partial charge is 0.493 e. The molecule has 3 rings (SSSR count). The van der Waals surface area contributed by atoms with Crippen molar-refractivity contribution in [2.45, 2.75) is 31.7 Å². The Hall–Kier alpha value is -2.19. The Bertz CT molecular complexity index is 811. The predicted octanol–water partition coefficient (Wildman–Crippen LogP) is 4.93. The zero-order valence-corrected chi connectivity index (χ0v) is 15.9. The molecule has 9 heteroatoms. The summed E-state index contributed by atoms with van der Waals surface area (Å²) in [5, 5.41) is 2.83. The van der Waals surface area contributed by atoms with Crippen LogP contribution in [-0.2, 0) is 17.5 Å². The second kappa shape index (κ2) is 8.87. The summed E-state index contributed by atoms with van der Waals surface area (Å²) in [6, 6.07) is 6.25. The van der Waals surface area contributed by atoms with Gasteiger partial charge in [0.15, 0.2) is 11.5 Å². The maximum atomic E-state index is 12.7. The van der Waals surface area contributed by atoms with Crippen molar-refractivity contribution < 1.29 is 27.4 Å². The average molecular weight is 417 g/mol. The molecule has 2 aromatic rings. The highest BCUT2D eigenvalue weighted by Gasteiger charge is 2.31. The van der Waals surface area contributed by atoms with Crippen molar-refractivity contribution in [3.8, 4) is 11.5 Å². The minimum atomic E-state index is -4.48. The van der Waals surface area contributed by atoms with Gasteiger partial charge in [0.05, 0.1) is 23.8 Å². The van der Waals surface area contributed by atoms with E-state index in [-0.39, 0.29) is 16.9 Å². The third kappa shape index (κ3) is 5.20. The Morgan fingerprint density at radius 2 is 2.11 bits per heavy atom. The maximum Gasteiger partial charge on any atom is 0.417 e. The number of aromatic nitrogens is 1. The topological polar surface area (TPSA) is 52.6 Å². The molecule has 5 nitrogen and oxygen atoms in total. The molecule has 0 aliphatic carbocycles. The molecule has 2 heterocycles. The Morgan fingerprint density at radius 1 is 1.29 bits per heavy atom. The van der Waals surface area contributed by atoms with Gasteiger partial charge in [-0.3, -0.25) is 0 Å². The first-order valence-electron chi connectivity index (χ1n) is 8.74. The summed E-state index contributed by atoms with van der Waals surface area (Å²) in [5.41, 5.74) is -0.0588.